The Morgan fingerprint density at radius 1 is 1.35 bits per heavy atom. The van der Waals surface area contributed by atoms with Gasteiger partial charge in [-0.25, -0.2) is 4.79 Å². The number of alkyl carbamates (subject to hydrolysis) is 1. The van der Waals surface area contributed by atoms with Crippen LogP contribution in [-0.4, -0.2) is 17.2 Å². The van der Waals surface area contributed by atoms with E-state index in [1.165, 1.54) is 11.3 Å². The molecule has 0 aliphatic rings. The van der Waals surface area contributed by atoms with Gasteiger partial charge in [-0.05, 0) is 34.5 Å². The molecular weight excluding hydrogens is 382 g/mol. The van der Waals surface area contributed by atoms with E-state index in [0.29, 0.717) is 0 Å². The minimum absolute atomic E-state index is 0.139. The van der Waals surface area contributed by atoms with Crippen LogP contribution in [0.25, 0.3) is 0 Å². The normalized spacial score (nSPS) is 11.7. The Hall–Kier alpha value is -1.86. The second kappa shape index (κ2) is 8.12. The molecule has 0 radical (unpaired) electrons. The first-order valence-electron chi connectivity index (χ1n) is 6.90. The number of amides is 1. The summed E-state index contributed by atoms with van der Waals surface area (Å²) in [5, 5.41) is 11.7. The molecule has 1 atom stereocenters. The molecule has 1 amide bonds. The highest BCUT2D eigenvalue weighted by molar-refractivity contribution is 9.10. The summed E-state index contributed by atoms with van der Waals surface area (Å²) in [5.41, 5.74) is 0.868. The van der Waals surface area contributed by atoms with Gasteiger partial charge in [0.2, 0.25) is 0 Å². The monoisotopic (exact) mass is 397 g/mol. The summed E-state index contributed by atoms with van der Waals surface area (Å²) in [6, 6.07) is 10.5. The van der Waals surface area contributed by atoms with Crippen LogP contribution in [0.3, 0.4) is 0 Å². The number of carbonyl (C=O) groups excluding carboxylic acids is 1. The molecule has 1 heterocycles. The number of aliphatic carboxylic acids is 1. The molecule has 0 fully saturated rings. The van der Waals surface area contributed by atoms with Crippen molar-refractivity contribution in [3.05, 3.63) is 56.2 Å². The summed E-state index contributed by atoms with van der Waals surface area (Å²) in [6.07, 6.45) is -0.838. The molecule has 2 rings (SSSR count). The molecule has 0 unspecified atom stereocenters. The number of carbonyl (C=O) groups is 2. The fraction of sp³-hybridized carbons (Fsp3) is 0.250. The summed E-state index contributed by atoms with van der Waals surface area (Å²) in [6.45, 7) is 2.06. The lowest BCUT2D eigenvalue weighted by molar-refractivity contribution is -0.137. The van der Waals surface area contributed by atoms with Crippen molar-refractivity contribution in [2.45, 2.75) is 26.0 Å². The van der Waals surface area contributed by atoms with Gasteiger partial charge in [0, 0.05) is 14.2 Å². The lowest BCUT2D eigenvalue weighted by atomic mass is 10.2. The Balaban J connectivity index is 1.99. The highest BCUT2D eigenvalue weighted by Gasteiger charge is 2.21. The molecule has 1 aromatic heterocycles. The number of carboxylic acid groups (broad SMARTS) is 1. The van der Waals surface area contributed by atoms with Crippen LogP contribution in [0.15, 0.2) is 40.9 Å². The Kier molecular flexibility index (Phi) is 6.18. The van der Waals surface area contributed by atoms with Gasteiger partial charge in [0.05, 0.1) is 12.5 Å². The van der Waals surface area contributed by atoms with Crippen molar-refractivity contribution in [3.63, 3.8) is 0 Å². The zero-order valence-electron chi connectivity index (χ0n) is 12.4. The number of rotatable bonds is 6. The molecule has 0 spiro atoms. The SMILES string of the molecule is Cc1sc([C@H](CC(=O)O)NC(=O)OCc2ccccc2)cc1Br. The van der Waals surface area contributed by atoms with Crippen LogP contribution in [0.4, 0.5) is 4.79 Å². The number of benzene rings is 1. The predicted octanol–water partition coefficient (Wildman–Crippen LogP) is 4.26. The lowest BCUT2D eigenvalue weighted by Gasteiger charge is -2.15. The molecule has 0 aliphatic carbocycles. The molecule has 2 N–H and O–H groups in total. The summed E-state index contributed by atoms with van der Waals surface area (Å²) < 4.78 is 6.04. The average molecular weight is 398 g/mol. The third kappa shape index (κ3) is 5.37. The third-order valence-corrected chi connectivity index (χ3v) is 5.35. The highest BCUT2D eigenvalue weighted by Crippen LogP contribution is 2.32. The summed E-state index contributed by atoms with van der Waals surface area (Å²) in [7, 11) is 0. The van der Waals surface area contributed by atoms with E-state index in [1.54, 1.807) is 0 Å². The van der Waals surface area contributed by atoms with Crippen molar-refractivity contribution in [2.24, 2.45) is 0 Å². The molecule has 2 aromatic rings. The van der Waals surface area contributed by atoms with E-state index in [4.69, 9.17) is 9.84 Å². The number of halogens is 1. The van der Waals surface area contributed by atoms with Gasteiger partial charge in [-0.1, -0.05) is 30.3 Å². The number of nitrogens with one attached hydrogen (secondary N) is 1. The predicted molar refractivity (Wildman–Crippen MR) is 91.5 cm³/mol. The van der Waals surface area contributed by atoms with Gasteiger partial charge in [0.15, 0.2) is 0 Å². The molecule has 23 heavy (non-hydrogen) atoms. The summed E-state index contributed by atoms with van der Waals surface area (Å²) in [5.74, 6) is -0.986. The largest absolute Gasteiger partial charge is 0.481 e. The molecule has 5 nitrogen and oxygen atoms in total. The van der Waals surface area contributed by atoms with Gasteiger partial charge in [-0.3, -0.25) is 4.79 Å². The zero-order chi connectivity index (χ0) is 16.8. The quantitative estimate of drug-likeness (QED) is 0.763. The van der Waals surface area contributed by atoms with Crippen LogP contribution >= 0.6 is 27.3 Å². The van der Waals surface area contributed by atoms with Crippen molar-refractivity contribution in [1.29, 1.82) is 0 Å². The molecule has 1 aromatic carbocycles. The zero-order valence-corrected chi connectivity index (χ0v) is 14.8. The van der Waals surface area contributed by atoms with Gasteiger partial charge < -0.3 is 15.2 Å². The second-order valence-corrected chi connectivity index (χ2v) is 7.05. The van der Waals surface area contributed by atoms with Crippen molar-refractivity contribution in [1.82, 2.24) is 5.32 Å². The number of ether oxygens (including phenoxy) is 1. The van der Waals surface area contributed by atoms with Crippen LogP contribution in [-0.2, 0) is 16.1 Å². The highest BCUT2D eigenvalue weighted by atomic mass is 79.9. The van der Waals surface area contributed by atoms with E-state index < -0.39 is 18.1 Å². The maximum Gasteiger partial charge on any atom is 0.407 e. The van der Waals surface area contributed by atoms with Crippen molar-refractivity contribution in [3.8, 4) is 0 Å². The van der Waals surface area contributed by atoms with Gasteiger partial charge in [0.25, 0.3) is 0 Å². The number of aryl methyl sites for hydroxylation is 1. The molecule has 0 bridgehead atoms. The maximum absolute atomic E-state index is 11.9. The van der Waals surface area contributed by atoms with Gasteiger partial charge in [-0.15, -0.1) is 11.3 Å². The first-order valence-corrected chi connectivity index (χ1v) is 8.51. The molecule has 0 aliphatic heterocycles. The van der Waals surface area contributed by atoms with E-state index in [0.717, 1.165) is 19.8 Å². The minimum Gasteiger partial charge on any atom is -0.481 e. The second-order valence-electron chi connectivity index (χ2n) is 4.91. The summed E-state index contributed by atoms with van der Waals surface area (Å²) in [4.78, 5) is 24.8. The van der Waals surface area contributed by atoms with E-state index in [2.05, 4.69) is 21.2 Å². The van der Waals surface area contributed by atoms with Crippen molar-refractivity contribution < 1.29 is 19.4 Å². The molecule has 7 heteroatoms. The lowest BCUT2D eigenvalue weighted by Crippen LogP contribution is -2.30. The molecule has 0 saturated heterocycles. The van der Waals surface area contributed by atoms with Gasteiger partial charge in [-0.2, -0.15) is 0 Å². The van der Waals surface area contributed by atoms with Crippen LogP contribution in [0, 0.1) is 6.92 Å². The number of hydrogen-bond acceptors (Lipinski definition) is 4. The topological polar surface area (TPSA) is 75.6 Å². The first kappa shape index (κ1) is 17.5. The van der Waals surface area contributed by atoms with E-state index in [-0.39, 0.29) is 13.0 Å². The van der Waals surface area contributed by atoms with E-state index in [1.807, 2.05) is 43.3 Å². The molecule has 0 saturated carbocycles. The van der Waals surface area contributed by atoms with Crippen LogP contribution in [0.5, 0.6) is 0 Å². The molecule has 122 valence electrons. The minimum atomic E-state index is -0.986. The van der Waals surface area contributed by atoms with Crippen LogP contribution < -0.4 is 5.32 Å². The Bertz CT molecular complexity index is 667. The van der Waals surface area contributed by atoms with Gasteiger partial charge >= 0.3 is 12.1 Å². The number of thiophene rings is 1. The van der Waals surface area contributed by atoms with Crippen molar-refractivity contribution in [2.75, 3.05) is 0 Å². The fourth-order valence-corrected chi connectivity index (χ4v) is 3.57. The van der Waals surface area contributed by atoms with E-state index >= 15 is 0 Å². The van der Waals surface area contributed by atoms with Crippen molar-refractivity contribution >= 4 is 39.3 Å². The Morgan fingerprint density at radius 3 is 2.61 bits per heavy atom. The number of carboxylic acids is 1. The smallest absolute Gasteiger partial charge is 0.407 e. The summed E-state index contributed by atoms with van der Waals surface area (Å²) >= 11 is 4.84. The van der Waals surface area contributed by atoms with E-state index in [9.17, 15) is 9.59 Å². The van der Waals surface area contributed by atoms with Gasteiger partial charge in [0.1, 0.15) is 6.61 Å². The van der Waals surface area contributed by atoms with Crippen LogP contribution in [0.1, 0.15) is 27.8 Å². The average Bonchev–Trinajstić information content (AvgIpc) is 2.85. The number of hydrogen-bond donors (Lipinski definition) is 2. The van der Waals surface area contributed by atoms with Crippen LogP contribution in [0.2, 0.25) is 0 Å². The Morgan fingerprint density at radius 2 is 2.04 bits per heavy atom. The third-order valence-electron chi connectivity index (χ3n) is 3.10. The first-order chi connectivity index (χ1) is 11.0. The Labute approximate surface area is 146 Å². The fourth-order valence-electron chi connectivity index (χ4n) is 1.96. The molecular formula is C16H16BrNO4S. The standard InChI is InChI=1S/C16H16BrNO4S/c1-10-12(17)7-14(23-10)13(8-15(19)20)18-16(21)22-9-11-5-3-2-4-6-11/h2-7,13H,8-9H2,1H3,(H,18,21)(H,19,20)/t13-/m0/s1. The maximum atomic E-state index is 11.9.